The van der Waals surface area contributed by atoms with Crippen LogP contribution in [-0.2, 0) is 0 Å². The van der Waals surface area contributed by atoms with Crippen LogP contribution in [0.15, 0.2) is 23.1 Å². The van der Waals surface area contributed by atoms with E-state index in [1.165, 1.54) is 11.3 Å². The summed E-state index contributed by atoms with van der Waals surface area (Å²) in [5.41, 5.74) is 0.434. The molecule has 0 radical (unpaired) electrons. The smallest absolute Gasteiger partial charge is 0.259 e. The van der Waals surface area contributed by atoms with Gasteiger partial charge in [0, 0.05) is 11.1 Å². The van der Waals surface area contributed by atoms with Gasteiger partial charge in [-0.05, 0) is 19.1 Å². The number of H-pyrrole nitrogens is 1. The summed E-state index contributed by atoms with van der Waals surface area (Å²) in [6.45, 7) is 1.74. The van der Waals surface area contributed by atoms with Crippen molar-refractivity contribution >= 4 is 22.9 Å². The van der Waals surface area contributed by atoms with E-state index in [1.807, 2.05) is 6.07 Å². The van der Waals surface area contributed by atoms with Crippen molar-refractivity contribution in [2.24, 2.45) is 0 Å². The Bertz CT molecular complexity index is 518. The summed E-state index contributed by atoms with van der Waals surface area (Å²) in [6, 6.07) is 3.58. The molecule has 0 spiro atoms. The lowest BCUT2D eigenvalue weighted by atomic mass is 10.3. The van der Waals surface area contributed by atoms with Crippen LogP contribution in [-0.4, -0.2) is 9.97 Å². The van der Waals surface area contributed by atoms with E-state index in [9.17, 15) is 4.79 Å². The zero-order chi connectivity index (χ0) is 10.1. The molecule has 2 aromatic rings. The van der Waals surface area contributed by atoms with Crippen LogP contribution in [0.5, 0.6) is 0 Å². The van der Waals surface area contributed by atoms with Crippen LogP contribution < -0.4 is 5.56 Å². The van der Waals surface area contributed by atoms with Gasteiger partial charge in [-0.2, -0.15) is 0 Å². The zero-order valence-corrected chi connectivity index (χ0v) is 8.95. The first-order valence-electron chi connectivity index (χ1n) is 3.98. The fourth-order valence-electron chi connectivity index (χ4n) is 1.12. The van der Waals surface area contributed by atoms with E-state index in [1.54, 1.807) is 19.2 Å². The first-order valence-corrected chi connectivity index (χ1v) is 5.18. The molecule has 2 rings (SSSR count). The van der Waals surface area contributed by atoms with Gasteiger partial charge in [0.2, 0.25) is 0 Å². The van der Waals surface area contributed by atoms with E-state index in [2.05, 4.69) is 9.97 Å². The number of aromatic nitrogens is 2. The van der Waals surface area contributed by atoms with Gasteiger partial charge in [0.1, 0.15) is 5.82 Å². The Labute approximate surface area is 89.4 Å². The third-order valence-electron chi connectivity index (χ3n) is 1.77. The van der Waals surface area contributed by atoms with Crippen molar-refractivity contribution in [3.63, 3.8) is 0 Å². The molecule has 2 aromatic heterocycles. The minimum absolute atomic E-state index is 0.129. The molecule has 0 aliphatic heterocycles. The Balaban J connectivity index is 2.57. The maximum Gasteiger partial charge on any atom is 0.259 e. The predicted octanol–water partition coefficient (Wildman–Crippen LogP) is 2.46. The molecule has 0 aliphatic rings. The average Bonchev–Trinajstić information content (AvgIpc) is 2.51. The predicted molar refractivity (Wildman–Crippen MR) is 57.9 cm³/mol. The summed E-state index contributed by atoms with van der Waals surface area (Å²) >= 11 is 7.15. The molecular formula is C9H7ClN2OS. The average molecular weight is 227 g/mol. The summed E-state index contributed by atoms with van der Waals surface area (Å²) in [7, 11) is 0. The summed E-state index contributed by atoms with van der Waals surface area (Å²) < 4.78 is 0.667. The molecule has 72 valence electrons. The molecule has 0 unspecified atom stereocenters. The van der Waals surface area contributed by atoms with Crippen molar-refractivity contribution < 1.29 is 0 Å². The zero-order valence-electron chi connectivity index (χ0n) is 7.37. The molecule has 1 N–H and O–H groups in total. The van der Waals surface area contributed by atoms with Crippen molar-refractivity contribution in [2.75, 3.05) is 0 Å². The van der Waals surface area contributed by atoms with Crippen molar-refractivity contribution in [1.29, 1.82) is 0 Å². The highest BCUT2D eigenvalue weighted by atomic mass is 35.5. The van der Waals surface area contributed by atoms with Crippen LogP contribution in [0.3, 0.4) is 0 Å². The fraction of sp³-hybridized carbons (Fsp3) is 0.111. The van der Waals surface area contributed by atoms with Gasteiger partial charge in [0.15, 0.2) is 0 Å². The summed E-state index contributed by atoms with van der Waals surface area (Å²) in [6.07, 6.45) is 1.57. The molecule has 0 aromatic carbocycles. The molecule has 3 nitrogen and oxygen atoms in total. The van der Waals surface area contributed by atoms with Gasteiger partial charge in [-0.3, -0.25) is 4.79 Å². The van der Waals surface area contributed by atoms with Crippen LogP contribution in [0.4, 0.5) is 0 Å². The minimum Gasteiger partial charge on any atom is -0.310 e. The van der Waals surface area contributed by atoms with Crippen LogP contribution in [0.2, 0.25) is 4.34 Å². The molecule has 0 saturated heterocycles. The molecule has 0 aliphatic carbocycles. The summed E-state index contributed by atoms with van der Waals surface area (Å²) in [5.74, 6) is 0.612. The summed E-state index contributed by atoms with van der Waals surface area (Å²) in [5, 5.41) is 0. The first-order chi connectivity index (χ1) is 6.66. The van der Waals surface area contributed by atoms with Gasteiger partial charge >= 0.3 is 0 Å². The van der Waals surface area contributed by atoms with Gasteiger partial charge < -0.3 is 4.98 Å². The topological polar surface area (TPSA) is 45.8 Å². The largest absolute Gasteiger partial charge is 0.310 e. The fourth-order valence-corrected chi connectivity index (χ4v) is 2.17. The minimum atomic E-state index is -0.129. The van der Waals surface area contributed by atoms with Gasteiger partial charge in [0.05, 0.1) is 9.90 Å². The maximum atomic E-state index is 11.5. The lowest BCUT2D eigenvalue weighted by molar-refractivity contribution is 1.02. The lowest BCUT2D eigenvalue weighted by Gasteiger charge is -1.95. The standard InChI is InChI=1S/C9H7ClN2OS/c1-5-11-4-6(9(13)12-5)7-2-3-8(10)14-7/h2-4H,1H3,(H,11,12,13). The molecule has 0 atom stereocenters. The van der Waals surface area contributed by atoms with Crippen molar-refractivity contribution in [1.82, 2.24) is 9.97 Å². The Morgan fingerprint density at radius 1 is 1.50 bits per heavy atom. The second-order valence-electron chi connectivity index (χ2n) is 2.82. The SMILES string of the molecule is Cc1ncc(-c2ccc(Cl)s2)c(=O)[nH]1. The number of rotatable bonds is 1. The third-order valence-corrected chi connectivity index (χ3v) is 3.03. The first kappa shape index (κ1) is 9.43. The van der Waals surface area contributed by atoms with E-state index in [0.717, 1.165) is 4.88 Å². The van der Waals surface area contributed by atoms with Gasteiger partial charge in [-0.1, -0.05) is 11.6 Å². The number of nitrogens with one attached hydrogen (secondary N) is 1. The number of halogens is 1. The Kier molecular flexibility index (Phi) is 2.39. The van der Waals surface area contributed by atoms with Crippen LogP contribution in [0.1, 0.15) is 5.82 Å². The number of hydrogen-bond donors (Lipinski definition) is 1. The quantitative estimate of drug-likeness (QED) is 0.812. The van der Waals surface area contributed by atoms with Crippen LogP contribution >= 0.6 is 22.9 Å². The number of nitrogens with zero attached hydrogens (tertiary/aromatic N) is 1. The molecule has 5 heteroatoms. The highest BCUT2D eigenvalue weighted by Crippen LogP contribution is 2.28. The number of aryl methyl sites for hydroxylation is 1. The Hall–Kier alpha value is -1.13. The molecule has 0 amide bonds. The van der Waals surface area contributed by atoms with Crippen molar-refractivity contribution in [3.05, 3.63) is 38.8 Å². The molecule has 0 fully saturated rings. The molecular weight excluding hydrogens is 220 g/mol. The van der Waals surface area contributed by atoms with E-state index in [-0.39, 0.29) is 5.56 Å². The number of hydrogen-bond acceptors (Lipinski definition) is 3. The molecule has 0 saturated carbocycles. The van der Waals surface area contributed by atoms with E-state index in [0.29, 0.717) is 15.7 Å². The van der Waals surface area contributed by atoms with E-state index < -0.39 is 0 Å². The van der Waals surface area contributed by atoms with Crippen LogP contribution in [0.25, 0.3) is 10.4 Å². The maximum absolute atomic E-state index is 11.5. The van der Waals surface area contributed by atoms with E-state index in [4.69, 9.17) is 11.6 Å². The third kappa shape index (κ3) is 1.71. The van der Waals surface area contributed by atoms with E-state index >= 15 is 0 Å². The van der Waals surface area contributed by atoms with Gasteiger partial charge in [-0.25, -0.2) is 4.98 Å². The summed E-state index contributed by atoms with van der Waals surface area (Å²) in [4.78, 5) is 19.0. The molecule has 0 bridgehead atoms. The highest BCUT2D eigenvalue weighted by molar-refractivity contribution is 7.19. The van der Waals surface area contributed by atoms with Gasteiger partial charge in [0.25, 0.3) is 5.56 Å². The lowest BCUT2D eigenvalue weighted by Crippen LogP contribution is -2.10. The second kappa shape index (κ2) is 3.55. The second-order valence-corrected chi connectivity index (χ2v) is 4.53. The molecule has 14 heavy (non-hydrogen) atoms. The van der Waals surface area contributed by atoms with Crippen molar-refractivity contribution in [2.45, 2.75) is 6.92 Å². The van der Waals surface area contributed by atoms with Crippen LogP contribution in [0, 0.1) is 6.92 Å². The Morgan fingerprint density at radius 2 is 2.29 bits per heavy atom. The highest BCUT2D eigenvalue weighted by Gasteiger charge is 2.06. The number of thiophene rings is 1. The molecule has 2 heterocycles. The van der Waals surface area contributed by atoms with Crippen molar-refractivity contribution in [3.8, 4) is 10.4 Å². The Morgan fingerprint density at radius 3 is 2.86 bits per heavy atom. The normalized spacial score (nSPS) is 10.4. The van der Waals surface area contributed by atoms with Gasteiger partial charge in [-0.15, -0.1) is 11.3 Å². The monoisotopic (exact) mass is 226 g/mol. The number of aromatic amines is 1.